The summed E-state index contributed by atoms with van der Waals surface area (Å²) < 4.78 is 0. The van der Waals surface area contributed by atoms with E-state index < -0.39 is 0 Å². The molecule has 0 aliphatic carbocycles. The minimum Gasteiger partial charge on any atom is -0.351 e. The van der Waals surface area contributed by atoms with Crippen LogP contribution in [0.1, 0.15) is 24.0 Å². The standard InChI is InChI=1S/C20H23N3O/c24-20(22-15-18-8-4-12-21-14-18)16-23-13-5-9-19(23)11-10-17-6-2-1-3-7-17/h1-4,6-8,10-12,14,19H,5,9,13,15-16H2,(H,22,24)/b11-10+/t19-/m1/s1. The first-order valence-electron chi connectivity index (χ1n) is 8.44. The molecule has 1 N–H and O–H groups in total. The molecular weight excluding hydrogens is 298 g/mol. The summed E-state index contributed by atoms with van der Waals surface area (Å²) in [6.07, 6.45) is 10.1. The van der Waals surface area contributed by atoms with Crippen LogP contribution in [0.3, 0.4) is 0 Å². The molecule has 1 aliphatic heterocycles. The number of pyridine rings is 1. The second-order valence-corrected chi connectivity index (χ2v) is 6.09. The van der Waals surface area contributed by atoms with E-state index >= 15 is 0 Å². The van der Waals surface area contributed by atoms with Crippen molar-refractivity contribution in [3.05, 3.63) is 72.1 Å². The van der Waals surface area contributed by atoms with Gasteiger partial charge in [-0.3, -0.25) is 14.7 Å². The highest BCUT2D eigenvalue weighted by molar-refractivity contribution is 5.78. The Morgan fingerprint density at radius 3 is 2.92 bits per heavy atom. The van der Waals surface area contributed by atoms with Crippen LogP contribution in [0.4, 0.5) is 0 Å². The lowest BCUT2D eigenvalue weighted by atomic mass is 10.1. The van der Waals surface area contributed by atoms with Gasteiger partial charge in [-0.1, -0.05) is 48.6 Å². The predicted molar refractivity (Wildman–Crippen MR) is 96.2 cm³/mol. The molecule has 1 atom stereocenters. The van der Waals surface area contributed by atoms with E-state index in [4.69, 9.17) is 0 Å². The molecule has 3 rings (SSSR count). The highest BCUT2D eigenvalue weighted by Gasteiger charge is 2.23. The van der Waals surface area contributed by atoms with Gasteiger partial charge in [0.25, 0.3) is 0 Å². The molecule has 4 heteroatoms. The highest BCUT2D eigenvalue weighted by atomic mass is 16.2. The predicted octanol–water partition coefficient (Wildman–Crippen LogP) is 2.88. The maximum Gasteiger partial charge on any atom is 0.234 e. The second kappa shape index (κ2) is 8.41. The fraction of sp³-hybridized carbons (Fsp3) is 0.300. The fourth-order valence-electron chi connectivity index (χ4n) is 3.00. The largest absolute Gasteiger partial charge is 0.351 e. The highest BCUT2D eigenvalue weighted by Crippen LogP contribution is 2.19. The molecule has 1 fully saturated rings. The molecule has 2 aromatic rings. The van der Waals surface area contributed by atoms with Crippen LogP contribution >= 0.6 is 0 Å². The molecule has 0 bridgehead atoms. The summed E-state index contributed by atoms with van der Waals surface area (Å²) in [7, 11) is 0. The van der Waals surface area contributed by atoms with Gasteiger partial charge in [0.1, 0.15) is 0 Å². The first-order valence-corrected chi connectivity index (χ1v) is 8.44. The molecule has 0 unspecified atom stereocenters. The van der Waals surface area contributed by atoms with Crippen LogP contribution < -0.4 is 5.32 Å². The Balaban J connectivity index is 1.50. The van der Waals surface area contributed by atoms with Crippen LogP contribution in [-0.4, -0.2) is 34.9 Å². The summed E-state index contributed by atoms with van der Waals surface area (Å²) >= 11 is 0. The summed E-state index contributed by atoms with van der Waals surface area (Å²) in [5.41, 5.74) is 2.22. The zero-order valence-corrected chi connectivity index (χ0v) is 13.8. The fourth-order valence-corrected chi connectivity index (χ4v) is 3.00. The lowest BCUT2D eigenvalue weighted by Gasteiger charge is -2.21. The van der Waals surface area contributed by atoms with Crippen molar-refractivity contribution < 1.29 is 4.79 Å². The number of hydrogen-bond acceptors (Lipinski definition) is 3. The van der Waals surface area contributed by atoms with Gasteiger partial charge in [-0.2, -0.15) is 0 Å². The number of nitrogens with zero attached hydrogens (tertiary/aromatic N) is 2. The molecule has 124 valence electrons. The normalized spacial score (nSPS) is 18.1. The van der Waals surface area contributed by atoms with Gasteiger partial charge in [0, 0.05) is 25.0 Å². The molecule has 1 aromatic heterocycles. The molecule has 0 radical (unpaired) electrons. The number of benzene rings is 1. The van der Waals surface area contributed by atoms with Crippen molar-refractivity contribution in [3.63, 3.8) is 0 Å². The van der Waals surface area contributed by atoms with E-state index in [9.17, 15) is 4.79 Å². The van der Waals surface area contributed by atoms with Gasteiger partial charge in [-0.25, -0.2) is 0 Å². The third kappa shape index (κ3) is 4.77. The molecule has 0 spiro atoms. The average molecular weight is 321 g/mol. The number of carbonyl (C=O) groups is 1. The number of carbonyl (C=O) groups excluding carboxylic acids is 1. The van der Waals surface area contributed by atoms with E-state index in [-0.39, 0.29) is 5.91 Å². The van der Waals surface area contributed by atoms with Crippen molar-refractivity contribution in [1.29, 1.82) is 0 Å². The molecular formula is C20H23N3O. The molecule has 1 amide bonds. The molecule has 24 heavy (non-hydrogen) atoms. The van der Waals surface area contributed by atoms with Crippen LogP contribution in [-0.2, 0) is 11.3 Å². The zero-order valence-electron chi connectivity index (χ0n) is 13.8. The SMILES string of the molecule is O=C(CN1CCC[C@@H]1/C=C/c1ccccc1)NCc1cccnc1. The number of nitrogens with one attached hydrogen (secondary N) is 1. The van der Waals surface area contributed by atoms with Crippen molar-refractivity contribution in [1.82, 2.24) is 15.2 Å². The van der Waals surface area contributed by atoms with E-state index in [1.165, 1.54) is 5.56 Å². The van der Waals surface area contributed by atoms with Gasteiger partial charge in [0.15, 0.2) is 0 Å². The summed E-state index contributed by atoms with van der Waals surface area (Å²) in [4.78, 5) is 18.5. The lowest BCUT2D eigenvalue weighted by molar-refractivity contribution is -0.122. The maximum atomic E-state index is 12.2. The van der Waals surface area contributed by atoms with Gasteiger partial charge in [-0.15, -0.1) is 0 Å². The first kappa shape index (κ1) is 16.4. The van der Waals surface area contributed by atoms with Gasteiger partial charge >= 0.3 is 0 Å². The lowest BCUT2D eigenvalue weighted by Crippen LogP contribution is -2.38. The zero-order chi connectivity index (χ0) is 16.6. The monoisotopic (exact) mass is 321 g/mol. The Hall–Kier alpha value is -2.46. The Bertz CT molecular complexity index is 670. The quantitative estimate of drug-likeness (QED) is 0.890. The topological polar surface area (TPSA) is 45.2 Å². The van der Waals surface area contributed by atoms with E-state index in [0.29, 0.717) is 19.1 Å². The van der Waals surface area contributed by atoms with Gasteiger partial charge < -0.3 is 5.32 Å². The van der Waals surface area contributed by atoms with Crippen LogP contribution in [0.2, 0.25) is 0 Å². The van der Waals surface area contributed by atoms with E-state index in [0.717, 1.165) is 24.9 Å². The number of hydrogen-bond donors (Lipinski definition) is 1. The second-order valence-electron chi connectivity index (χ2n) is 6.09. The summed E-state index contributed by atoms with van der Waals surface area (Å²) in [6.45, 7) is 1.96. The number of likely N-dealkylation sites (tertiary alicyclic amines) is 1. The Kier molecular flexibility index (Phi) is 5.75. The maximum absolute atomic E-state index is 12.2. The van der Waals surface area contributed by atoms with E-state index in [1.807, 2.05) is 30.3 Å². The van der Waals surface area contributed by atoms with Crippen molar-refractivity contribution in [2.45, 2.75) is 25.4 Å². The first-order chi connectivity index (χ1) is 11.8. The summed E-state index contributed by atoms with van der Waals surface area (Å²) in [6, 6.07) is 14.5. The average Bonchev–Trinajstić information content (AvgIpc) is 3.07. The minimum atomic E-state index is 0.0684. The Morgan fingerprint density at radius 2 is 2.12 bits per heavy atom. The van der Waals surface area contributed by atoms with Crippen LogP contribution in [0, 0.1) is 0 Å². The van der Waals surface area contributed by atoms with Crippen LogP contribution in [0.5, 0.6) is 0 Å². The van der Waals surface area contributed by atoms with Crippen molar-refractivity contribution in [3.8, 4) is 0 Å². The van der Waals surface area contributed by atoms with Crippen molar-refractivity contribution >= 4 is 12.0 Å². The summed E-state index contributed by atoms with van der Waals surface area (Å²) in [5.74, 6) is 0.0684. The third-order valence-corrected chi connectivity index (χ3v) is 4.28. The van der Waals surface area contributed by atoms with E-state index in [2.05, 4.69) is 39.5 Å². The van der Waals surface area contributed by atoms with Crippen LogP contribution in [0.25, 0.3) is 6.08 Å². The number of rotatable bonds is 6. The third-order valence-electron chi connectivity index (χ3n) is 4.28. The molecule has 0 saturated carbocycles. The van der Waals surface area contributed by atoms with Crippen molar-refractivity contribution in [2.24, 2.45) is 0 Å². The smallest absolute Gasteiger partial charge is 0.234 e. The van der Waals surface area contributed by atoms with Crippen molar-refractivity contribution in [2.75, 3.05) is 13.1 Å². The van der Waals surface area contributed by atoms with E-state index in [1.54, 1.807) is 12.4 Å². The number of aromatic nitrogens is 1. The molecule has 1 aromatic carbocycles. The molecule has 2 heterocycles. The molecule has 1 aliphatic rings. The molecule has 1 saturated heterocycles. The van der Waals surface area contributed by atoms with Gasteiger partial charge in [0.2, 0.25) is 5.91 Å². The van der Waals surface area contributed by atoms with Gasteiger partial charge in [0.05, 0.1) is 6.54 Å². The number of amides is 1. The molecule has 4 nitrogen and oxygen atoms in total. The minimum absolute atomic E-state index is 0.0684. The van der Waals surface area contributed by atoms with Crippen LogP contribution in [0.15, 0.2) is 60.9 Å². The summed E-state index contributed by atoms with van der Waals surface area (Å²) in [5, 5.41) is 2.98. The Morgan fingerprint density at radius 1 is 1.25 bits per heavy atom. The Labute approximate surface area is 143 Å². The van der Waals surface area contributed by atoms with Gasteiger partial charge in [-0.05, 0) is 36.6 Å².